The molecule has 4 aromatic rings. The molecule has 94 valence electrons. The van der Waals surface area contributed by atoms with E-state index < -0.39 is 0 Å². The maximum absolute atomic E-state index is 9.39. The molecular weight excluding hydrogens is 266 g/mol. The van der Waals surface area contributed by atoms with Gasteiger partial charge in [0.05, 0.1) is 10.3 Å². The molecule has 0 radical (unpaired) electrons. The highest BCUT2D eigenvalue weighted by atomic mass is 32.1. The highest BCUT2D eigenvalue weighted by Gasteiger charge is 2.19. The van der Waals surface area contributed by atoms with Crippen molar-refractivity contribution in [1.82, 2.24) is 0 Å². The molecule has 0 atom stereocenters. The first-order chi connectivity index (χ1) is 9.88. The normalized spacial score (nSPS) is 10.9. The molecule has 0 amide bonds. The van der Waals surface area contributed by atoms with Crippen molar-refractivity contribution in [2.24, 2.45) is 0 Å². The van der Waals surface area contributed by atoms with Gasteiger partial charge < -0.3 is 4.42 Å². The Morgan fingerprint density at radius 3 is 2.50 bits per heavy atom. The van der Waals surface area contributed by atoms with E-state index in [0.717, 1.165) is 32.4 Å². The molecule has 0 saturated heterocycles. The van der Waals surface area contributed by atoms with Crippen molar-refractivity contribution in [2.45, 2.75) is 0 Å². The van der Waals surface area contributed by atoms with E-state index in [1.807, 2.05) is 54.6 Å². The van der Waals surface area contributed by atoms with Gasteiger partial charge in [0.2, 0.25) is 0 Å². The predicted molar refractivity (Wildman–Crippen MR) is 81.7 cm³/mol. The van der Waals surface area contributed by atoms with Gasteiger partial charge in [-0.05, 0) is 11.6 Å². The van der Waals surface area contributed by atoms with Crippen LogP contribution in [0.2, 0.25) is 0 Å². The van der Waals surface area contributed by atoms with Crippen LogP contribution in [0.1, 0.15) is 4.88 Å². The third kappa shape index (κ3) is 1.49. The molecule has 0 aliphatic rings. The van der Waals surface area contributed by atoms with Crippen LogP contribution in [0.25, 0.3) is 32.4 Å². The molecule has 0 bridgehead atoms. The summed E-state index contributed by atoms with van der Waals surface area (Å²) < 4.78 is 5.98. The third-order valence-corrected chi connectivity index (χ3v) is 4.50. The molecule has 0 saturated carbocycles. The number of fused-ring (bicyclic) bond motifs is 3. The van der Waals surface area contributed by atoms with Crippen molar-refractivity contribution in [1.29, 1.82) is 5.26 Å². The minimum absolute atomic E-state index is 0.712. The standard InChI is InChI=1S/C17H9NOS/c18-10-14-15-12-8-4-5-9-13(12)19-16(15)17(20-14)11-6-2-1-3-7-11/h1-9H. The molecule has 0 fully saturated rings. The number of rotatable bonds is 1. The summed E-state index contributed by atoms with van der Waals surface area (Å²) in [7, 11) is 0. The fraction of sp³-hybridized carbons (Fsp3) is 0. The van der Waals surface area contributed by atoms with Crippen LogP contribution >= 0.6 is 11.3 Å². The summed E-state index contributed by atoms with van der Waals surface area (Å²) in [5.74, 6) is 0. The zero-order valence-corrected chi connectivity index (χ0v) is 11.3. The first kappa shape index (κ1) is 11.3. The van der Waals surface area contributed by atoms with Crippen LogP contribution in [-0.4, -0.2) is 0 Å². The lowest BCUT2D eigenvalue weighted by atomic mass is 10.1. The van der Waals surface area contributed by atoms with E-state index in [4.69, 9.17) is 4.42 Å². The van der Waals surface area contributed by atoms with Crippen LogP contribution in [0.3, 0.4) is 0 Å². The molecular formula is C17H9NOS. The molecule has 2 heterocycles. The zero-order chi connectivity index (χ0) is 13.5. The maximum atomic E-state index is 9.39. The molecule has 3 heteroatoms. The highest BCUT2D eigenvalue weighted by Crippen LogP contribution is 2.43. The average molecular weight is 275 g/mol. The van der Waals surface area contributed by atoms with Crippen molar-refractivity contribution < 1.29 is 4.42 Å². The Kier molecular flexibility index (Phi) is 2.38. The van der Waals surface area contributed by atoms with Gasteiger partial charge in [-0.15, -0.1) is 11.3 Å². The Morgan fingerprint density at radius 1 is 0.950 bits per heavy atom. The van der Waals surface area contributed by atoms with Gasteiger partial charge >= 0.3 is 0 Å². The number of furan rings is 1. The summed E-state index contributed by atoms with van der Waals surface area (Å²) in [5, 5.41) is 11.3. The Bertz CT molecular complexity index is 957. The van der Waals surface area contributed by atoms with E-state index in [-0.39, 0.29) is 0 Å². The molecule has 0 N–H and O–H groups in total. The van der Waals surface area contributed by atoms with Crippen LogP contribution < -0.4 is 0 Å². The average Bonchev–Trinajstić information content (AvgIpc) is 3.05. The molecule has 4 rings (SSSR count). The van der Waals surface area contributed by atoms with Crippen LogP contribution in [0.4, 0.5) is 0 Å². The SMILES string of the molecule is N#Cc1sc(-c2ccccc2)c2oc3ccccc3c12. The van der Waals surface area contributed by atoms with Gasteiger partial charge in [0.1, 0.15) is 16.5 Å². The van der Waals surface area contributed by atoms with E-state index in [9.17, 15) is 5.26 Å². The van der Waals surface area contributed by atoms with Crippen molar-refractivity contribution in [3.63, 3.8) is 0 Å². The largest absolute Gasteiger partial charge is 0.454 e. The quantitative estimate of drug-likeness (QED) is 0.479. The van der Waals surface area contributed by atoms with Crippen LogP contribution in [0, 0.1) is 11.3 Å². The topological polar surface area (TPSA) is 36.9 Å². The van der Waals surface area contributed by atoms with Gasteiger partial charge in [0.15, 0.2) is 5.58 Å². The smallest absolute Gasteiger partial charge is 0.155 e. The van der Waals surface area contributed by atoms with E-state index in [0.29, 0.717) is 4.88 Å². The zero-order valence-electron chi connectivity index (χ0n) is 10.5. The molecule has 2 aromatic heterocycles. The number of hydrogen-bond acceptors (Lipinski definition) is 3. The van der Waals surface area contributed by atoms with E-state index in [1.54, 1.807) is 0 Å². The van der Waals surface area contributed by atoms with Gasteiger partial charge in [-0.1, -0.05) is 48.5 Å². The molecule has 0 spiro atoms. The first-order valence-corrected chi connectivity index (χ1v) is 7.09. The van der Waals surface area contributed by atoms with Gasteiger partial charge in [0, 0.05) is 5.39 Å². The third-order valence-electron chi connectivity index (χ3n) is 3.37. The molecule has 0 aliphatic heterocycles. The van der Waals surface area contributed by atoms with Gasteiger partial charge in [-0.2, -0.15) is 5.26 Å². The number of hydrogen-bond donors (Lipinski definition) is 0. The van der Waals surface area contributed by atoms with E-state index in [2.05, 4.69) is 6.07 Å². The lowest BCUT2D eigenvalue weighted by molar-refractivity contribution is 0.671. The molecule has 0 aliphatic carbocycles. The second-order valence-electron chi connectivity index (χ2n) is 4.54. The van der Waals surface area contributed by atoms with Crippen LogP contribution in [-0.2, 0) is 0 Å². The lowest BCUT2D eigenvalue weighted by Gasteiger charge is -1.95. The second kappa shape index (κ2) is 4.22. The van der Waals surface area contributed by atoms with E-state index >= 15 is 0 Å². The Labute approximate surface area is 119 Å². The van der Waals surface area contributed by atoms with Crippen molar-refractivity contribution >= 4 is 33.3 Å². The van der Waals surface area contributed by atoms with Crippen molar-refractivity contribution in [2.75, 3.05) is 0 Å². The first-order valence-electron chi connectivity index (χ1n) is 6.28. The summed E-state index contributed by atoms with van der Waals surface area (Å²) in [6, 6.07) is 20.2. The minimum Gasteiger partial charge on any atom is -0.454 e. The number of nitriles is 1. The van der Waals surface area contributed by atoms with E-state index in [1.165, 1.54) is 11.3 Å². The van der Waals surface area contributed by atoms with Crippen molar-refractivity contribution in [3.8, 4) is 16.5 Å². The summed E-state index contributed by atoms with van der Waals surface area (Å²) in [4.78, 5) is 1.73. The minimum atomic E-state index is 0.712. The van der Waals surface area contributed by atoms with Crippen LogP contribution in [0.15, 0.2) is 59.0 Å². The summed E-state index contributed by atoms with van der Waals surface area (Å²) in [6.45, 7) is 0. The number of nitrogens with zero attached hydrogens (tertiary/aromatic N) is 1. The summed E-state index contributed by atoms with van der Waals surface area (Å²) in [5.41, 5.74) is 2.74. The monoisotopic (exact) mass is 275 g/mol. The lowest BCUT2D eigenvalue weighted by Crippen LogP contribution is -1.69. The fourth-order valence-corrected chi connectivity index (χ4v) is 3.53. The number of benzene rings is 2. The Morgan fingerprint density at radius 2 is 1.70 bits per heavy atom. The summed E-state index contributed by atoms with van der Waals surface area (Å²) >= 11 is 1.49. The number of thiophene rings is 1. The molecule has 0 unspecified atom stereocenters. The molecule has 2 aromatic carbocycles. The molecule has 20 heavy (non-hydrogen) atoms. The van der Waals surface area contributed by atoms with Crippen molar-refractivity contribution in [3.05, 3.63) is 59.5 Å². The fourth-order valence-electron chi connectivity index (χ4n) is 2.49. The Hall–Kier alpha value is -2.57. The summed E-state index contributed by atoms with van der Waals surface area (Å²) in [6.07, 6.45) is 0. The Balaban J connectivity index is 2.16. The highest BCUT2D eigenvalue weighted by molar-refractivity contribution is 7.18. The van der Waals surface area contributed by atoms with Gasteiger partial charge in [0.25, 0.3) is 0 Å². The maximum Gasteiger partial charge on any atom is 0.155 e. The second-order valence-corrected chi connectivity index (χ2v) is 5.56. The van der Waals surface area contributed by atoms with Crippen LogP contribution in [0.5, 0.6) is 0 Å². The molecule has 2 nitrogen and oxygen atoms in total. The number of para-hydroxylation sites is 1. The van der Waals surface area contributed by atoms with Gasteiger partial charge in [-0.25, -0.2) is 0 Å². The van der Waals surface area contributed by atoms with Gasteiger partial charge in [-0.3, -0.25) is 0 Å². The predicted octanol–water partition coefficient (Wildman–Crippen LogP) is 5.19.